The molecular formula is C18H18N2O3S. The highest BCUT2D eigenvalue weighted by Crippen LogP contribution is 2.46. The molecule has 1 aromatic carbocycles. The normalized spacial score (nSPS) is 21.5. The highest BCUT2D eigenvalue weighted by Gasteiger charge is 2.51. The Morgan fingerprint density at radius 1 is 1.29 bits per heavy atom. The molecular weight excluding hydrogens is 324 g/mol. The van der Waals surface area contributed by atoms with Crippen LogP contribution in [-0.2, 0) is 0 Å². The summed E-state index contributed by atoms with van der Waals surface area (Å²) in [6.45, 7) is 1.46. The number of benzene rings is 1. The van der Waals surface area contributed by atoms with Gasteiger partial charge in [-0.25, -0.2) is 4.98 Å². The Morgan fingerprint density at radius 2 is 2.17 bits per heavy atom. The number of aromatic nitrogens is 1. The van der Waals surface area contributed by atoms with Gasteiger partial charge in [0.25, 0.3) is 5.91 Å². The van der Waals surface area contributed by atoms with Crippen LogP contribution in [0.3, 0.4) is 0 Å². The van der Waals surface area contributed by atoms with Crippen LogP contribution in [-0.4, -0.2) is 50.6 Å². The topological polar surface area (TPSA) is 62.7 Å². The Labute approximate surface area is 144 Å². The average molecular weight is 342 g/mol. The molecule has 0 radical (unpaired) electrons. The number of rotatable bonds is 3. The van der Waals surface area contributed by atoms with Gasteiger partial charge in [0.2, 0.25) is 5.88 Å². The van der Waals surface area contributed by atoms with E-state index < -0.39 is 0 Å². The summed E-state index contributed by atoms with van der Waals surface area (Å²) in [5, 5.41) is 9.52. The lowest BCUT2D eigenvalue weighted by Gasteiger charge is -2.47. The molecule has 2 aromatic rings. The first-order valence-electron chi connectivity index (χ1n) is 7.94. The monoisotopic (exact) mass is 342 g/mol. The summed E-state index contributed by atoms with van der Waals surface area (Å²) in [6, 6.07) is 12.2. The lowest BCUT2D eigenvalue weighted by molar-refractivity contribution is 0.0515. The highest BCUT2D eigenvalue weighted by atomic mass is 32.2. The summed E-state index contributed by atoms with van der Waals surface area (Å²) in [7, 11) is 0. The number of carbonyl (C=O) groups is 1. The van der Waals surface area contributed by atoms with Crippen LogP contribution in [0.4, 0.5) is 0 Å². The van der Waals surface area contributed by atoms with E-state index in [1.54, 1.807) is 24.4 Å². The number of nitrogens with zero attached hydrogens (tertiary/aromatic N) is 2. The third-order valence-electron chi connectivity index (χ3n) is 4.44. The van der Waals surface area contributed by atoms with E-state index in [9.17, 15) is 9.90 Å². The van der Waals surface area contributed by atoms with Crippen LogP contribution in [0.15, 0.2) is 48.7 Å². The first kappa shape index (κ1) is 15.3. The quantitative estimate of drug-likeness (QED) is 0.929. The van der Waals surface area contributed by atoms with Gasteiger partial charge in [-0.3, -0.25) is 4.79 Å². The van der Waals surface area contributed by atoms with Crippen LogP contribution in [0.2, 0.25) is 0 Å². The van der Waals surface area contributed by atoms with Crippen molar-refractivity contribution in [3.05, 3.63) is 54.2 Å². The molecule has 2 aliphatic heterocycles. The molecule has 0 aliphatic carbocycles. The van der Waals surface area contributed by atoms with Crippen molar-refractivity contribution in [2.45, 2.75) is 17.3 Å². The SMILES string of the molecule is O=C(c1cccc(O)c1)N1CC2(CC(Oc3ccccn3)CS2)C1. The largest absolute Gasteiger partial charge is 0.508 e. The molecule has 1 unspecified atom stereocenters. The van der Waals surface area contributed by atoms with Gasteiger partial charge in [-0.1, -0.05) is 12.1 Å². The zero-order valence-corrected chi connectivity index (χ0v) is 13.9. The van der Waals surface area contributed by atoms with Gasteiger partial charge in [0.15, 0.2) is 0 Å². The van der Waals surface area contributed by atoms with Crippen molar-refractivity contribution in [1.29, 1.82) is 0 Å². The van der Waals surface area contributed by atoms with E-state index in [1.165, 1.54) is 6.07 Å². The minimum Gasteiger partial charge on any atom is -0.508 e. The molecule has 1 spiro atoms. The molecule has 3 heterocycles. The van der Waals surface area contributed by atoms with Crippen LogP contribution in [0.25, 0.3) is 0 Å². The van der Waals surface area contributed by atoms with Gasteiger partial charge in [0.1, 0.15) is 11.9 Å². The smallest absolute Gasteiger partial charge is 0.254 e. The van der Waals surface area contributed by atoms with Crippen molar-refractivity contribution in [2.24, 2.45) is 0 Å². The molecule has 4 rings (SSSR count). The van der Waals surface area contributed by atoms with E-state index in [1.807, 2.05) is 34.9 Å². The molecule has 0 saturated carbocycles. The van der Waals surface area contributed by atoms with Crippen LogP contribution in [0, 0.1) is 0 Å². The minimum absolute atomic E-state index is 0.0220. The lowest BCUT2D eigenvalue weighted by atomic mass is 9.92. The summed E-state index contributed by atoms with van der Waals surface area (Å²) in [5.74, 6) is 1.68. The number of thioether (sulfide) groups is 1. The molecule has 2 fully saturated rings. The molecule has 1 atom stereocenters. The van der Waals surface area contributed by atoms with Crippen LogP contribution in [0.5, 0.6) is 11.6 Å². The summed E-state index contributed by atoms with van der Waals surface area (Å²) in [5.41, 5.74) is 0.536. The van der Waals surface area contributed by atoms with E-state index in [0.29, 0.717) is 11.4 Å². The number of phenolic OH excluding ortho intramolecular Hbond substituents is 1. The second kappa shape index (κ2) is 6.02. The predicted octanol–water partition coefficient (Wildman–Crippen LogP) is 2.57. The van der Waals surface area contributed by atoms with Crippen molar-refractivity contribution in [1.82, 2.24) is 9.88 Å². The van der Waals surface area contributed by atoms with Crippen molar-refractivity contribution < 1.29 is 14.6 Å². The Kier molecular flexibility index (Phi) is 3.84. The van der Waals surface area contributed by atoms with Crippen molar-refractivity contribution in [3.8, 4) is 11.6 Å². The fraction of sp³-hybridized carbons (Fsp3) is 0.333. The van der Waals surface area contributed by atoms with Crippen LogP contribution in [0.1, 0.15) is 16.8 Å². The molecule has 1 amide bonds. The van der Waals surface area contributed by atoms with Gasteiger partial charge in [-0.05, 0) is 24.3 Å². The molecule has 2 aliphatic rings. The van der Waals surface area contributed by atoms with Gasteiger partial charge in [-0.2, -0.15) is 0 Å². The maximum absolute atomic E-state index is 12.5. The van der Waals surface area contributed by atoms with E-state index in [0.717, 1.165) is 25.3 Å². The van der Waals surface area contributed by atoms with Gasteiger partial charge < -0.3 is 14.7 Å². The number of ether oxygens (including phenoxy) is 1. The van der Waals surface area contributed by atoms with E-state index in [-0.39, 0.29) is 22.5 Å². The van der Waals surface area contributed by atoms with E-state index >= 15 is 0 Å². The Bertz CT molecular complexity index is 747. The number of amides is 1. The van der Waals surface area contributed by atoms with Crippen LogP contribution < -0.4 is 4.74 Å². The second-order valence-corrected chi connectivity index (χ2v) is 7.81. The first-order chi connectivity index (χ1) is 11.6. The van der Waals surface area contributed by atoms with Crippen molar-refractivity contribution >= 4 is 17.7 Å². The average Bonchev–Trinajstić information content (AvgIpc) is 2.98. The maximum Gasteiger partial charge on any atom is 0.254 e. The summed E-state index contributed by atoms with van der Waals surface area (Å²) < 4.78 is 6.04. The zero-order valence-electron chi connectivity index (χ0n) is 13.1. The minimum atomic E-state index is -0.0220. The van der Waals surface area contributed by atoms with Crippen molar-refractivity contribution in [2.75, 3.05) is 18.8 Å². The maximum atomic E-state index is 12.5. The number of hydrogen-bond donors (Lipinski definition) is 1. The summed E-state index contributed by atoms with van der Waals surface area (Å²) in [6.07, 6.45) is 2.80. The number of aromatic hydroxyl groups is 1. The van der Waals surface area contributed by atoms with Crippen LogP contribution >= 0.6 is 11.8 Å². The standard InChI is InChI=1S/C18H18N2O3S/c21-14-5-3-4-13(8-14)17(22)20-11-18(12-20)9-15(10-24-18)23-16-6-1-2-7-19-16/h1-8,15,21H,9-12H2. The molecule has 6 heteroatoms. The van der Waals surface area contributed by atoms with E-state index in [2.05, 4.69) is 4.98 Å². The molecule has 124 valence electrons. The Balaban J connectivity index is 1.34. The second-order valence-electron chi connectivity index (χ2n) is 6.32. The summed E-state index contributed by atoms with van der Waals surface area (Å²) in [4.78, 5) is 18.5. The van der Waals surface area contributed by atoms with Gasteiger partial charge >= 0.3 is 0 Å². The number of likely N-dealkylation sites (tertiary alicyclic amines) is 1. The number of carbonyl (C=O) groups excluding carboxylic acids is 1. The zero-order chi connectivity index (χ0) is 16.6. The molecule has 2 saturated heterocycles. The molecule has 1 aromatic heterocycles. The number of hydrogen-bond acceptors (Lipinski definition) is 5. The fourth-order valence-electron chi connectivity index (χ4n) is 3.30. The molecule has 0 bridgehead atoms. The first-order valence-corrected chi connectivity index (χ1v) is 8.92. The third-order valence-corrected chi connectivity index (χ3v) is 6.01. The molecule has 24 heavy (non-hydrogen) atoms. The fourth-order valence-corrected chi connectivity index (χ4v) is 4.82. The lowest BCUT2D eigenvalue weighted by Crippen LogP contribution is -2.60. The Hall–Kier alpha value is -2.21. The molecule has 1 N–H and O–H groups in total. The van der Waals surface area contributed by atoms with Crippen molar-refractivity contribution in [3.63, 3.8) is 0 Å². The molecule has 5 nitrogen and oxygen atoms in total. The summed E-state index contributed by atoms with van der Waals surface area (Å²) >= 11 is 1.88. The van der Waals surface area contributed by atoms with Gasteiger partial charge in [0.05, 0.1) is 4.75 Å². The predicted molar refractivity (Wildman–Crippen MR) is 92.5 cm³/mol. The third kappa shape index (κ3) is 2.94. The van der Waals surface area contributed by atoms with E-state index in [4.69, 9.17) is 4.74 Å². The number of phenols is 1. The van der Waals surface area contributed by atoms with Gasteiger partial charge in [-0.15, -0.1) is 11.8 Å². The number of pyridine rings is 1. The highest BCUT2D eigenvalue weighted by molar-refractivity contribution is 8.01. The van der Waals surface area contributed by atoms with Gasteiger partial charge in [0, 0.05) is 43.1 Å². The Morgan fingerprint density at radius 3 is 2.92 bits per heavy atom.